The molecule has 0 saturated carbocycles. The van der Waals surface area contributed by atoms with Crippen LogP contribution in [0.1, 0.15) is 72.7 Å². The van der Waals surface area contributed by atoms with Gasteiger partial charge in [-0.1, -0.05) is 74.5 Å². The molecule has 3 atom stereocenters. The zero-order valence-corrected chi connectivity index (χ0v) is 30.6. The molecule has 0 aliphatic heterocycles. The summed E-state index contributed by atoms with van der Waals surface area (Å²) in [5, 5.41) is 11.8. The Morgan fingerprint density at radius 3 is 2.02 bits per heavy atom. The second kappa shape index (κ2) is 19.5. The van der Waals surface area contributed by atoms with Crippen LogP contribution in [-0.2, 0) is 40.3 Å². The monoisotopic (exact) mass is 718 g/mol. The molecule has 0 fully saturated rings. The molecule has 4 aromatic rings. The Hall–Kier alpha value is -4.62. The summed E-state index contributed by atoms with van der Waals surface area (Å²) < 4.78 is 5.47. The van der Waals surface area contributed by atoms with Crippen LogP contribution in [0.2, 0.25) is 0 Å². The molecular weight excluding hydrogens is 673 g/mol. The van der Waals surface area contributed by atoms with E-state index in [1.807, 2.05) is 66.0 Å². The Bertz CT molecular complexity index is 1650. The van der Waals surface area contributed by atoms with E-state index in [-0.39, 0.29) is 43.4 Å². The van der Waals surface area contributed by atoms with Crippen LogP contribution < -0.4 is 16.0 Å². The predicted molar refractivity (Wildman–Crippen MR) is 196 cm³/mol. The fraction of sp³-hybridized carbons (Fsp3) is 0.405. The van der Waals surface area contributed by atoms with Crippen molar-refractivity contribution in [3.63, 3.8) is 0 Å². The lowest BCUT2D eigenvalue weighted by molar-refractivity contribution is -0.127. The standard InChI is InChI=1S/C37H46N6O5S2/c1-25(2)35-40-31(23-49-35)21-43(4)36(46)42-33(17-26(3)44)34(45)39-29(18-27-11-7-5-8-12-27)15-16-30(19-28-13-9-6-10-14-28)41-37(47)48-22-32-20-38-24-50-32/h5-14,20,23-25,29-30,33H,15-19,21-22H2,1-4H3,(H,39,45)(H,41,47)(H,42,46). The Balaban J connectivity index is 1.44. The van der Waals surface area contributed by atoms with Crippen LogP contribution in [0.3, 0.4) is 0 Å². The van der Waals surface area contributed by atoms with Gasteiger partial charge in [0.15, 0.2) is 0 Å². The Morgan fingerprint density at radius 1 is 0.860 bits per heavy atom. The van der Waals surface area contributed by atoms with Gasteiger partial charge in [-0.3, -0.25) is 14.6 Å². The minimum absolute atomic E-state index is 0.127. The summed E-state index contributed by atoms with van der Waals surface area (Å²) in [6.45, 7) is 5.92. The van der Waals surface area contributed by atoms with Gasteiger partial charge in [0.05, 0.1) is 27.6 Å². The van der Waals surface area contributed by atoms with E-state index in [1.54, 1.807) is 30.1 Å². The van der Waals surface area contributed by atoms with Gasteiger partial charge in [-0.2, -0.15) is 0 Å². The first-order valence-electron chi connectivity index (χ1n) is 16.7. The van der Waals surface area contributed by atoms with E-state index in [0.717, 1.165) is 26.7 Å². The van der Waals surface area contributed by atoms with Crippen LogP contribution in [0, 0.1) is 0 Å². The number of carbonyl (C=O) groups excluding carboxylic acids is 4. The molecule has 4 amide bonds. The van der Waals surface area contributed by atoms with E-state index in [2.05, 4.69) is 39.8 Å². The third-order valence-corrected chi connectivity index (χ3v) is 9.87. The molecule has 2 aromatic carbocycles. The number of urea groups is 1. The van der Waals surface area contributed by atoms with Crippen molar-refractivity contribution in [3.8, 4) is 0 Å². The fourth-order valence-electron chi connectivity index (χ4n) is 5.34. The third kappa shape index (κ3) is 13.0. The van der Waals surface area contributed by atoms with Crippen molar-refractivity contribution in [2.24, 2.45) is 0 Å². The zero-order chi connectivity index (χ0) is 35.9. The minimum Gasteiger partial charge on any atom is -0.444 e. The van der Waals surface area contributed by atoms with Gasteiger partial charge in [0.25, 0.3) is 0 Å². The molecular formula is C37H46N6O5S2. The van der Waals surface area contributed by atoms with Crippen molar-refractivity contribution >= 4 is 46.5 Å². The fourth-order valence-corrected chi connectivity index (χ4v) is 6.67. The summed E-state index contributed by atoms with van der Waals surface area (Å²) in [5.74, 6) is -0.388. The van der Waals surface area contributed by atoms with Gasteiger partial charge >= 0.3 is 12.1 Å². The molecule has 13 heteroatoms. The van der Waals surface area contributed by atoms with E-state index in [0.29, 0.717) is 25.7 Å². The number of ether oxygens (including phenoxy) is 1. The third-order valence-electron chi connectivity index (χ3n) is 7.93. The van der Waals surface area contributed by atoms with E-state index < -0.39 is 24.1 Å². The summed E-state index contributed by atoms with van der Waals surface area (Å²) in [5.41, 5.74) is 4.52. The van der Waals surface area contributed by atoms with Crippen molar-refractivity contribution in [3.05, 3.63) is 104 Å². The molecule has 50 heavy (non-hydrogen) atoms. The summed E-state index contributed by atoms with van der Waals surface area (Å²) in [6, 6.07) is 17.5. The van der Waals surface area contributed by atoms with E-state index >= 15 is 0 Å². The number of alkyl carbamates (subject to hydrolysis) is 1. The predicted octanol–water partition coefficient (Wildman–Crippen LogP) is 6.26. The maximum atomic E-state index is 13.8. The van der Waals surface area contributed by atoms with Gasteiger partial charge < -0.3 is 25.6 Å². The molecule has 0 bridgehead atoms. The Morgan fingerprint density at radius 2 is 1.48 bits per heavy atom. The van der Waals surface area contributed by atoms with E-state index in [4.69, 9.17) is 4.74 Å². The molecule has 0 spiro atoms. The number of carbonyl (C=O) groups is 4. The van der Waals surface area contributed by atoms with Gasteiger partial charge in [-0.15, -0.1) is 22.7 Å². The van der Waals surface area contributed by atoms with Crippen molar-refractivity contribution in [1.29, 1.82) is 0 Å². The lowest BCUT2D eigenvalue weighted by Crippen LogP contribution is -2.53. The number of hydrogen-bond acceptors (Lipinski definition) is 9. The molecule has 2 heterocycles. The largest absolute Gasteiger partial charge is 0.444 e. The van der Waals surface area contributed by atoms with Crippen LogP contribution in [0.5, 0.6) is 0 Å². The van der Waals surface area contributed by atoms with Crippen LogP contribution in [0.25, 0.3) is 0 Å². The highest BCUT2D eigenvalue weighted by atomic mass is 32.1. The second-order valence-corrected chi connectivity index (χ2v) is 14.5. The van der Waals surface area contributed by atoms with Crippen LogP contribution in [0.15, 0.2) is 77.8 Å². The number of ketones is 1. The number of benzene rings is 2. The van der Waals surface area contributed by atoms with Gasteiger partial charge in [-0.05, 0) is 43.7 Å². The molecule has 0 aliphatic rings. The highest BCUT2D eigenvalue weighted by molar-refractivity contribution is 7.09. The molecule has 0 saturated heterocycles. The topological polar surface area (TPSA) is 143 Å². The molecule has 0 aliphatic carbocycles. The molecule has 266 valence electrons. The maximum absolute atomic E-state index is 13.8. The van der Waals surface area contributed by atoms with Gasteiger partial charge in [0.1, 0.15) is 18.4 Å². The van der Waals surface area contributed by atoms with Gasteiger partial charge in [0.2, 0.25) is 5.91 Å². The average molecular weight is 719 g/mol. The first kappa shape index (κ1) is 38.2. The number of aromatic nitrogens is 2. The number of thiazole rings is 2. The summed E-state index contributed by atoms with van der Waals surface area (Å²) in [6.07, 6.45) is 3.10. The summed E-state index contributed by atoms with van der Waals surface area (Å²) >= 11 is 2.96. The van der Waals surface area contributed by atoms with Crippen molar-refractivity contribution in [2.45, 2.75) is 90.1 Å². The van der Waals surface area contributed by atoms with Crippen molar-refractivity contribution in [1.82, 2.24) is 30.8 Å². The normalized spacial score (nSPS) is 12.8. The first-order chi connectivity index (χ1) is 24.0. The van der Waals surface area contributed by atoms with E-state index in [1.165, 1.54) is 23.2 Å². The number of rotatable bonds is 18. The van der Waals surface area contributed by atoms with Crippen molar-refractivity contribution in [2.75, 3.05) is 7.05 Å². The van der Waals surface area contributed by atoms with Crippen LogP contribution in [0.4, 0.5) is 9.59 Å². The Labute approximate surface area is 301 Å². The molecule has 2 aromatic heterocycles. The molecule has 11 nitrogen and oxygen atoms in total. The lowest BCUT2D eigenvalue weighted by Gasteiger charge is -2.27. The number of Topliss-reactive ketones (excluding diaryl/α,β-unsaturated/α-hetero) is 1. The SMILES string of the molecule is CC(=O)CC(NC(=O)N(C)Cc1csc(C(C)C)n1)C(=O)NC(CCC(Cc1ccccc1)NC(=O)OCc1cncs1)Cc1ccccc1. The molecule has 3 unspecified atom stereocenters. The van der Waals surface area contributed by atoms with Crippen molar-refractivity contribution < 1.29 is 23.9 Å². The molecule has 3 N–H and O–H groups in total. The Kier molecular flexibility index (Phi) is 14.9. The minimum atomic E-state index is -1.07. The smallest absolute Gasteiger partial charge is 0.407 e. The quantitative estimate of drug-likeness (QED) is 0.110. The lowest BCUT2D eigenvalue weighted by atomic mass is 9.95. The van der Waals surface area contributed by atoms with Crippen LogP contribution >= 0.6 is 22.7 Å². The zero-order valence-electron chi connectivity index (χ0n) is 29.0. The number of amides is 4. The molecule has 0 radical (unpaired) electrons. The molecule has 4 rings (SSSR count). The highest BCUT2D eigenvalue weighted by Gasteiger charge is 2.27. The van der Waals surface area contributed by atoms with E-state index in [9.17, 15) is 19.2 Å². The first-order valence-corrected chi connectivity index (χ1v) is 18.5. The highest BCUT2D eigenvalue weighted by Crippen LogP contribution is 2.20. The summed E-state index contributed by atoms with van der Waals surface area (Å²) in [4.78, 5) is 63.0. The number of hydrogen-bond donors (Lipinski definition) is 3. The van der Waals surface area contributed by atoms with Gasteiger partial charge in [-0.25, -0.2) is 14.6 Å². The average Bonchev–Trinajstić information content (AvgIpc) is 3.79. The van der Waals surface area contributed by atoms with Crippen LogP contribution in [-0.4, -0.2) is 63.9 Å². The second-order valence-electron chi connectivity index (χ2n) is 12.6. The summed E-state index contributed by atoms with van der Waals surface area (Å²) in [7, 11) is 1.63. The number of nitrogens with zero attached hydrogens (tertiary/aromatic N) is 3. The maximum Gasteiger partial charge on any atom is 0.407 e. The van der Waals surface area contributed by atoms with Gasteiger partial charge in [0, 0.05) is 43.0 Å². The number of nitrogens with one attached hydrogen (secondary N) is 3.